The predicted octanol–water partition coefficient (Wildman–Crippen LogP) is 0.556. The third-order valence-corrected chi connectivity index (χ3v) is 3.64. The smallest absolute Gasteiger partial charge is 0.227 e. The normalized spacial score (nSPS) is 17.9. The van der Waals surface area contributed by atoms with Crippen molar-refractivity contribution in [1.82, 2.24) is 15.5 Å². The molecule has 0 aromatic carbocycles. The summed E-state index contributed by atoms with van der Waals surface area (Å²) in [5.41, 5.74) is 5.42. The quantitative estimate of drug-likeness (QED) is 0.798. The molecule has 100 valence electrons. The maximum absolute atomic E-state index is 12.1. The summed E-state index contributed by atoms with van der Waals surface area (Å²) >= 11 is 0. The molecule has 0 atom stereocenters. The van der Waals surface area contributed by atoms with Gasteiger partial charge in [0.25, 0.3) is 0 Å². The zero-order valence-corrected chi connectivity index (χ0v) is 10.7. The number of hydrogen-bond donors (Lipinski definition) is 2. The van der Waals surface area contributed by atoms with Crippen molar-refractivity contribution in [2.75, 3.05) is 13.1 Å². The van der Waals surface area contributed by atoms with Crippen LogP contribution in [0.4, 0.5) is 0 Å². The fraction of sp³-hybridized carbons (Fsp3) is 0.750. The van der Waals surface area contributed by atoms with Crippen LogP contribution in [-0.2, 0) is 11.2 Å². The number of nitrogens with two attached hydrogens (primary N) is 1. The summed E-state index contributed by atoms with van der Waals surface area (Å²) in [6.07, 6.45) is 4.57. The third-order valence-electron chi connectivity index (χ3n) is 3.64. The summed E-state index contributed by atoms with van der Waals surface area (Å²) in [6.45, 7) is 2.71. The zero-order chi connectivity index (χ0) is 13.0. The molecule has 1 aliphatic carbocycles. The summed E-state index contributed by atoms with van der Waals surface area (Å²) in [5.74, 6) is 1.24. The van der Waals surface area contributed by atoms with Gasteiger partial charge in [-0.25, -0.2) is 0 Å². The Morgan fingerprint density at radius 3 is 2.78 bits per heavy atom. The topological polar surface area (TPSA) is 94.0 Å². The van der Waals surface area contributed by atoms with Gasteiger partial charge in [0.15, 0.2) is 5.82 Å². The predicted molar refractivity (Wildman–Crippen MR) is 65.7 cm³/mol. The monoisotopic (exact) mass is 252 g/mol. The van der Waals surface area contributed by atoms with Crippen molar-refractivity contribution >= 4 is 5.91 Å². The van der Waals surface area contributed by atoms with E-state index in [2.05, 4.69) is 15.5 Å². The SMILES string of the molecule is Cc1nc(CCNC(=O)C2(CN)CCCC2)no1. The van der Waals surface area contributed by atoms with Crippen molar-refractivity contribution in [2.45, 2.75) is 39.0 Å². The van der Waals surface area contributed by atoms with Crippen LogP contribution in [0, 0.1) is 12.3 Å². The van der Waals surface area contributed by atoms with Gasteiger partial charge in [0, 0.05) is 26.4 Å². The number of aryl methyl sites for hydroxylation is 1. The van der Waals surface area contributed by atoms with Gasteiger partial charge < -0.3 is 15.6 Å². The van der Waals surface area contributed by atoms with Crippen molar-refractivity contribution < 1.29 is 9.32 Å². The Kier molecular flexibility index (Phi) is 3.96. The van der Waals surface area contributed by atoms with Gasteiger partial charge in [0.1, 0.15) is 0 Å². The molecule has 0 bridgehead atoms. The molecule has 0 spiro atoms. The maximum atomic E-state index is 12.1. The number of carbonyl (C=O) groups is 1. The third kappa shape index (κ3) is 2.69. The highest BCUT2D eigenvalue weighted by molar-refractivity contribution is 5.83. The van der Waals surface area contributed by atoms with Crippen LogP contribution < -0.4 is 11.1 Å². The Hall–Kier alpha value is -1.43. The van der Waals surface area contributed by atoms with Crippen molar-refractivity contribution in [2.24, 2.45) is 11.1 Å². The fourth-order valence-corrected chi connectivity index (χ4v) is 2.49. The Bertz CT molecular complexity index is 410. The molecule has 6 nitrogen and oxygen atoms in total. The lowest BCUT2D eigenvalue weighted by atomic mass is 9.85. The lowest BCUT2D eigenvalue weighted by Gasteiger charge is -2.25. The molecule has 6 heteroatoms. The lowest BCUT2D eigenvalue weighted by molar-refractivity contribution is -0.130. The van der Waals surface area contributed by atoms with Crippen LogP contribution in [0.25, 0.3) is 0 Å². The molecule has 18 heavy (non-hydrogen) atoms. The number of nitrogens with one attached hydrogen (secondary N) is 1. The molecule has 0 aliphatic heterocycles. The van der Waals surface area contributed by atoms with E-state index in [1.807, 2.05) is 0 Å². The average molecular weight is 252 g/mol. The Morgan fingerprint density at radius 2 is 2.22 bits per heavy atom. The molecule has 1 heterocycles. The number of rotatable bonds is 5. The molecule has 3 N–H and O–H groups in total. The van der Waals surface area contributed by atoms with Crippen LogP contribution in [0.3, 0.4) is 0 Å². The molecule has 1 aromatic rings. The van der Waals surface area contributed by atoms with Crippen LogP contribution in [0.2, 0.25) is 0 Å². The van der Waals surface area contributed by atoms with Gasteiger partial charge in [0.2, 0.25) is 11.8 Å². The van der Waals surface area contributed by atoms with Gasteiger partial charge in [-0.1, -0.05) is 18.0 Å². The second kappa shape index (κ2) is 5.48. The van der Waals surface area contributed by atoms with Gasteiger partial charge in [0.05, 0.1) is 5.41 Å². The van der Waals surface area contributed by atoms with E-state index in [9.17, 15) is 4.79 Å². The van der Waals surface area contributed by atoms with Crippen molar-refractivity contribution in [3.05, 3.63) is 11.7 Å². The summed E-state index contributed by atoms with van der Waals surface area (Å²) in [7, 11) is 0. The van der Waals surface area contributed by atoms with Crippen molar-refractivity contribution in [1.29, 1.82) is 0 Å². The first-order valence-electron chi connectivity index (χ1n) is 6.44. The van der Waals surface area contributed by atoms with E-state index in [4.69, 9.17) is 10.3 Å². The highest BCUT2D eigenvalue weighted by atomic mass is 16.5. The van der Waals surface area contributed by atoms with Gasteiger partial charge in [-0.2, -0.15) is 4.98 Å². The summed E-state index contributed by atoms with van der Waals surface area (Å²) in [6, 6.07) is 0. The molecular weight excluding hydrogens is 232 g/mol. The molecule has 1 saturated carbocycles. The lowest BCUT2D eigenvalue weighted by Crippen LogP contribution is -2.44. The highest BCUT2D eigenvalue weighted by Gasteiger charge is 2.39. The highest BCUT2D eigenvalue weighted by Crippen LogP contribution is 2.37. The molecule has 0 radical (unpaired) electrons. The molecule has 1 aromatic heterocycles. The van der Waals surface area contributed by atoms with Crippen molar-refractivity contribution in [3.8, 4) is 0 Å². The minimum atomic E-state index is -0.340. The second-order valence-electron chi connectivity index (χ2n) is 4.93. The van der Waals surface area contributed by atoms with E-state index < -0.39 is 0 Å². The first-order chi connectivity index (χ1) is 8.66. The van der Waals surface area contributed by atoms with Gasteiger partial charge in [-0.05, 0) is 12.8 Å². The molecule has 0 unspecified atom stereocenters. The first-order valence-corrected chi connectivity index (χ1v) is 6.44. The summed E-state index contributed by atoms with van der Waals surface area (Å²) in [5, 5.41) is 6.72. The molecule has 1 amide bonds. The minimum Gasteiger partial charge on any atom is -0.355 e. The van der Waals surface area contributed by atoms with E-state index in [0.717, 1.165) is 25.7 Å². The van der Waals surface area contributed by atoms with Gasteiger partial charge >= 0.3 is 0 Å². The van der Waals surface area contributed by atoms with Crippen LogP contribution in [0.1, 0.15) is 37.4 Å². The first kappa shape index (κ1) is 13.0. The number of amides is 1. The zero-order valence-electron chi connectivity index (χ0n) is 10.7. The number of nitrogens with zero attached hydrogens (tertiary/aromatic N) is 2. The molecule has 0 saturated heterocycles. The average Bonchev–Trinajstić information content (AvgIpc) is 2.99. The maximum Gasteiger partial charge on any atom is 0.227 e. The van der Waals surface area contributed by atoms with Gasteiger partial charge in [-0.3, -0.25) is 4.79 Å². The van der Waals surface area contributed by atoms with Crippen LogP contribution in [0.15, 0.2) is 4.52 Å². The fourth-order valence-electron chi connectivity index (χ4n) is 2.49. The summed E-state index contributed by atoms with van der Waals surface area (Å²) < 4.78 is 4.87. The van der Waals surface area contributed by atoms with E-state index in [1.54, 1.807) is 6.92 Å². The van der Waals surface area contributed by atoms with E-state index in [-0.39, 0.29) is 11.3 Å². The van der Waals surface area contributed by atoms with E-state index >= 15 is 0 Å². The van der Waals surface area contributed by atoms with Gasteiger partial charge in [-0.15, -0.1) is 0 Å². The van der Waals surface area contributed by atoms with Crippen molar-refractivity contribution in [3.63, 3.8) is 0 Å². The Labute approximate surface area is 106 Å². The molecule has 2 rings (SSSR count). The molecule has 1 fully saturated rings. The largest absolute Gasteiger partial charge is 0.355 e. The van der Waals surface area contributed by atoms with Crippen LogP contribution >= 0.6 is 0 Å². The molecule has 1 aliphatic rings. The Morgan fingerprint density at radius 1 is 1.50 bits per heavy atom. The van der Waals surface area contributed by atoms with E-state index in [0.29, 0.717) is 31.2 Å². The number of carbonyl (C=O) groups excluding carboxylic acids is 1. The Balaban J connectivity index is 1.81. The second-order valence-corrected chi connectivity index (χ2v) is 4.93. The number of hydrogen-bond acceptors (Lipinski definition) is 5. The van der Waals surface area contributed by atoms with Crippen LogP contribution in [0.5, 0.6) is 0 Å². The molecular formula is C12H20N4O2. The van der Waals surface area contributed by atoms with Crippen LogP contribution in [-0.4, -0.2) is 29.1 Å². The standard InChI is InChI=1S/C12H20N4O2/c1-9-15-10(16-18-9)4-7-14-11(17)12(8-13)5-2-3-6-12/h2-8,13H2,1H3,(H,14,17). The van der Waals surface area contributed by atoms with E-state index in [1.165, 1.54) is 0 Å². The number of aromatic nitrogens is 2. The minimum absolute atomic E-state index is 0.0720. The summed E-state index contributed by atoms with van der Waals surface area (Å²) in [4.78, 5) is 16.2.